The molecule has 12 nitrogen and oxygen atoms in total. The quantitative estimate of drug-likeness (QED) is 0.111. The van der Waals surface area contributed by atoms with Crippen molar-refractivity contribution in [3.05, 3.63) is 18.2 Å². The molecule has 0 aliphatic rings. The van der Waals surface area contributed by atoms with Gasteiger partial charge in [0.25, 0.3) is 0 Å². The summed E-state index contributed by atoms with van der Waals surface area (Å²) in [5, 5.41) is 29.2. The zero-order valence-corrected chi connectivity index (χ0v) is 22.0. The number of carbonyl (C=O) groups excluding carboxylic acids is 5. The van der Waals surface area contributed by atoms with E-state index in [1.807, 2.05) is 0 Å². The van der Waals surface area contributed by atoms with Crippen LogP contribution in [0.2, 0.25) is 0 Å². The molecule has 2 atom stereocenters. The van der Waals surface area contributed by atoms with Crippen LogP contribution in [0.4, 0.5) is 0 Å². The monoisotopic (exact) mass is 570 g/mol. The minimum atomic E-state index is -1.62. The fourth-order valence-electron chi connectivity index (χ4n) is 3.57. The maximum Gasteiger partial charge on any atom is 2.00 e. The van der Waals surface area contributed by atoms with Crippen LogP contribution in [0.15, 0.2) is 12.5 Å². The van der Waals surface area contributed by atoms with Gasteiger partial charge < -0.3 is 40.7 Å². The first-order chi connectivity index (χ1) is 17.2. The van der Waals surface area contributed by atoms with Crippen LogP contribution in [-0.2, 0) is 47.5 Å². The van der Waals surface area contributed by atoms with E-state index in [0.717, 1.165) is 19.3 Å². The number of nitrogens with one attached hydrogen (secondary N) is 4. The van der Waals surface area contributed by atoms with Crippen molar-refractivity contribution in [3.8, 4) is 0 Å². The van der Waals surface area contributed by atoms with Crippen molar-refractivity contribution in [1.82, 2.24) is 25.9 Å². The molecule has 0 aliphatic heterocycles. The number of H-pyrrole nitrogens is 1. The molecule has 37 heavy (non-hydrogen) atoms. The number of nitrogens with zero attached hydrogens (tertiary/aromatic N) is 1. The van der Waals surface area contributed by atoms with Crippen molar-refractivity contribution >= 4 is 29.7 Å². The van der Waals surface area contributed by atoms with E-state index < -0.39 is 48.8 Å². The molecule has 0 fully saturated rings. The molecule has 0 bridgehead atoms. The summed E-state index contributed by atoms with van der Waals surface area (Å²) < 4.78 is 0. The van der Waals surface area contributed by atoms with Crippen LogP contribution in [0, 0.1) is 0 Å². The summed E-state index contributed by atoms with van der Waals surface area (Å²) in [6.07, 6.45) is 11.8. The van der Waals surface area contributed by atoms with Gasteiger partial charge in [-0.2, -0.15) is 0 Å². The van der Waals surface area contributed by atoms with Gasteiger partial charge in [-0.1, -0.05) is 58.3 Å². The zero-order valence-electron chi connectivity index (χ0n) is 21.1. The Morgan fingerprint density at radius 1 is 0.892 bits per heavy atom. The maximum absolute atomic E-state index is 12.5. The smallest absolute Gasteiger partial charge is 0.550 e. The van der Waals surface area contributed by atoms with Gasteiger partial charge in [-0.15, -0.1) is 0 Å². The van der Waals surface area contributed by atoms with Gasteiger partial charge in [0.2, 0.25) is 17.7 Å². The Labute approximate surface area is 227 Å². The van der Waals surface area contributed by atoms with Crippen LogP contribution in [0.5, 0.6) is 0 Å². The van der Waals surface area contributed by atoms with Crippen molar-refractivity contribution < 1.29 is 51.3 Å². The zero-order chi connectivity index (χ0) is 26.8. The molecule has 1 aromatic heterocycles. The molecular weight excluding hydrogens is 534 g/mol. The van der Waals surface area contributed by atoms with E-state index in [1.54, 1.807) is 0 Å². The van der Waals surface area contributed by atoms with Gasteiger partial charge in [0.15, 0.2) is 0 Å². The minimum Gasteiger partial charge on any atom is -0.550 e. The third-order valence-corrected chi connectivity index (χ3v) is 5.56. The van der Waals surface area contributed by atoms with Gasteiger partial charge in [-0.05, 0) is 6.42 Å². The molecule has 4 N–H and O–H groups in total. The molecule has 0 aliphatic carbocycles. The van der Waals surface area contributed by atoms with Crippen LogP contribution in [-0.4, -0.2) is 58.3 Å². The molecule has 0 unspecified atom stereocenters. The number of aromatic amines is 1. The molecule has 1 aromatic rings. The van der Waals surface area contributed by atoms with Crippen LogP contribution in [0.25, 0.3) is 0 Å². The van der Waals surface area contributed by atoms with Gasteiger partial charge in [-0.3, -0.25) is 14.4 Å². The Bertz CT molecular complexity index is 835. The van der Waals surface area contributed by atoms with E-state index in [2.05, 4.69) is 32.8 Å². The Kier molecular flexibility index (Phi) is 18.6. The topological polar surface area (TPSA) is 196 Å². The number of carboxylic acids is 2. The average Bonchev–Trinajstić information content (AvgIpc) is 3.33. The van der Waals surface area contributed by atoms with Gasteiger partial charge in [0, 0.05) is 37.1 Å². The molecule has 1 radical (unpaired) electrons. The van der Waals surface area contributed by atoms with E-state index in [0.29, 0.717) is 12.1 Å². The van der Waals surface area contributed by atoms with Crippen molar-refractivity contribution in [1.29, 1.82) is 0 Å². The number of rotatable bonds is 20. The molecule has 0 aromatic carbocycles. The maximum atomic E-state index is 12.5. The molecule has 211 valence electrons. The average molecular weight is 571 g/mol. The summed E-state index contributed by atoms with van der Waals surface area (Å²) >= 11 is 0. The summed E-state index contributed by atoms with van der Waals surface area (Å²) in [4.78, 5) is 65.5. The first-order valence-electron chi connectivity index (χ1n) is 12.5. The number of amides is 3. The molecule has 0 saturated carbocycles. The van der Waals surface area contributed by atoms with Crippen molar-refractivity contribution in [3.63, 3.8) is 0 Å². The summed E-state index contributed by atoms with van der Waals surface area (Å²) in [5.41, 5.74) is 0.402. The number of imidazole rings is 1. The molecule has 1 rings (SSSR count). The van der Waals surface area contributed by atoms with Crippen molar-refractivity contribution in [2.24, 2.45) is 0 Å². The molecule has 3 amide bonds. The predicted octanol–water partition coefficient (Wildman–Crippen LogP) is -1.15. The van der Waals surface area contributed by atoms with Crippen LogP contribution < -0.4 is 26.2 Å². The Morgan fingerprint density at radius 3 is 2.05 bits per heavy atom. The third kappa shape index (κ3) is 16.4. The number of carboxylic acid groups (broad SMARTS) is 2. The number of hydrogen-bond acceptors (Lipinski definition) is 8. The van der Waals surface area contributed by atoms with Gasteiger partial charge in [-0.25, -0.2) is 4.98 Å². The van der Waals surface area contributed by atoms with E-state index in [9.17, 15) is 34.2 Å². The Balaban J connectivity index is 0.0000130. The fraction of sp³-hybridized carbons (Fsp3) is 0.667. The van der Waals surface area contributed by atoms with E-state index >= 15 is 0 Å². The standard InChI is InChI=1S/C24H39N5O7.Cu/c1-2-3-4-5-6-7-8-9-10-11-20(30)26-15-21(31)28-18(13-22(32)33)23(34)29-19(24(35)36)12-17-14-25-16-27-17;/h14,16,18-19H,2-13,15H2,1H3,(H,25,27)(H,26,30)(H,28,31)(H,29,34)(H,32,33)(H,35,36);/q;+2/p-2/t18-,19-;/m0./s1. The van der Waals surface area contributed by atoms with Crippen molar-refractivity contribution in [2.45, 2.75) is 96.1 Å². The van der Waals surface area contributed by atoms with Crippen LogP contribution >= 0.6 is 0 Å². The Morgan fingerprint density at radius 2 is 1.51 bits per heavy atom. The first kappa shape index (κ1) is 34.1. The molecule has 13 heteroatoms. The number of carbonyl (C=O) groups is 5. The van der Waals surface area contributed by atoms with Gasteiger partial charge in [0.1, 0.15) is 6.04 Å². The van der Waals surface area contributed by atoms with E-state index in [1.165, 1.54) is 44.6 Å². The largest absolute Gasteiger partial charge is 2.00 e. The minimum absolute atomic E-state index is 0. The van der Waals surface area contributed by atoms with Gasteiger partial charge >= 0.3 is 17.1 Å². The molecule has 0 spiro atoms. The van der Waals surface area contributed by atoms with E-state index in [4.69, 9.17) is 0 Å². The fourth-order valence-corrected chi connectivity index (χ4v) is 3.57. The Hall–Kier alpha value is -2.92. The second kappa shape index (κ2) is 20.2. The predicted molar refractivity (Wildman–Crippen MR) is 126 cm³/mol. The van der Waals surface area contributed by atoms with E-state index in [-0.39, 0.29) is 35.8 Å². The van der Waals surface area contributed by atoms with Crippen LogP contribution in [0.3, 0.4) is 0 Å². The summed E-state index contributed by atoms with van der Waals surface area (Å²) in [6, 6.07) is -3.09. The van der Waals surface area contributed by atoms with Crippen LogP contribution in [0.1, 0.15) is 83.2 Å². The molecule has 0 saturated heterocycles. The second-order valence-corrected chi connectivity index (χ2v) is 8.71. The summed E-state index contributed by atoms with van der Waals surface area (Å²) in [5.74, 6) is -5.38. The normalized spacial score (nSPS) is 12.0. The SMILES string of the molecule is CCCCCCCCCCCC(=O)NCC(=O)N[C@@H](CC(=O)[O-])C(=O)N[C@@H](Cc1cnc[nH]1)C(=O)[O-].[Cu+2]. The van der Waals surface area contributed by atoms with Gasteiger partial charge in [0.05, 0.1) is 24.9 Å². The number of unbranched alkanes of at least 4 members (excludes halogenated alkanes) is 8. The third-order valence-electron chi connectivity index (χ3n) is 5.56. The summed E-state index contributed by atoms with van der Waals surface area (Å²) in [7, 11) is 0. The molecule has 1 heterocycles. The second-order valence-electron chi connectivity index (χ2n) is 8.71. The summed E-state index contributed by atoms with van der Waals surface area (Å²) in [6.45, 7) is 1.72. The first-order valence-corrected chi connectivity index (χ1v) is 12.5. The number of aromatic nitrogens is 2. The van der Waals surface area contributed by atoms with Crippen molar-refractivity contribution in [2.75, 3.05) is 6.54 Å². The number of aliphatic carboxylic acids is 2. The molecular formula is C24H37CuN5O7. The number of hydrogen-bond donors (Lipinski definition) is 4.